The van der Waals surface area contributed by atoms with E-state index >= 15 is 0 Å². The Labute approximate surface area is 282 Å². The Morgan fingerprint density at radius 3 is 2.39 bits per heavy atom. The number of methoxy groups -OCH3 is 2. The summed E-state index contributed by atoms with van der Waals surface area (Å²) < 4.78 is 30.1. The minimum Gasteiger partial charge on any atom is -0.497 e. The molecule has 0 fully saturated rings. The summed E-state index contributed by atoms with van der Waals surface area (Å²) in [7, 11) is 0.646. The lowest BCUT2D eigenvalue weighted by Gasteiger charge is -2.44. The Morgan fingerprint density at radius 1 is 1.07 bits per heavy atom. The van der Waals surface area contributed by atoms with E-state index < -0.39 is 26.7 Å². The fourth-order valence-corrected chi connectivity index (χ4v) is 6.91. The number of nitrogens with zero attached hydrogens (tertiary/aromatic N) is 2. The van der Waals surface area contributed by atoms with Gasteiger partial charge in [0, 0.05) is 17.6 Å². The number of amides is 2. The monoisotopic (exact) mass is 714 g/mol. The highest BCUT2D eigenvalue weighted by Crippen LogP contribution is 2.46. The normalized spacial score (nSPS) is 17.9. The van der Waals surface area contributed by atoms with Gasteiger partial charge >= 0.3 is 6.09 Å². The van der Waals surface area contributed by atoms with Crippen LogP contribution in [0.25, 0.3) is 5.57 Å². The zero-order chi connectivity index (χ0) is 33.6. The average Bonchev–Trinajstić information content (AvgIpc) is 3.45. The van der Waals surface area contributed by atoms with Crippen molar-refractivity contribution in [1.82, 2.24) is 4.90 Å². The van der Waals surface area contributed by atoms with Crippen molar-refractivity contribution >= 4 is 47.5 Å². The highest BCUT2D eigenvalue weighted by Gasteiger charge is 2.51. The molecule has 0 saturated carbocycles. The van der Waals surface area contributed by atoms with Crippen molar-refractivity contribution in [3.63, 3.8) is 0 Å². The summed E-state index contributed by atoms with van der Waals surface area (Å²) >= 11 is 3.47. The molecule has 1 unspecified atom stereocenters. The summed E-state index contributed by atoms with van der Waals surface area (Å²) in [5.74, 6) is 1.32. The number of carbonyl (C=O) groups is 2. The van der Waals surface area contributed by atoms with Crippen LogP contribution >= 0.6 is 15.9 Å². The van der Waals surface area contributed by atoms with E-state index in [9.17, 15) is 9.59 Å². The molecule has 2 aromatic carbocycles. The first-order valence-electron chi connectivity index (χ1n) is 15.7. The fourth-order valence-electron chi connectivity index (χ4n) is 5.29. The van der Waals surface area contributed by atoms with E-state index in [4.69, 9.17) is 23.4 Å². The van der Waals surface area contributed by atoms with Crippen LogP contribution in [0.5, 0.6) is 17.2 Å². The average molecular weight is 716 g/mol. The number of rotatable bonds is 13. The van der Waals surface area contributed by atoms with Crippen molar-refractivity contribution in [2.75, 3.05) is 37.7 Å². The van der Waals surface area contributed by atoms with E-state index in [1.165, 1.54) is 11.0 Å². The number of hydrogen-bond donors (Lipinski definition) is 0. The SMILES string of the molecule is C=CCOC(=O)N1c2cc(OCCCCCBr)c(OC)cc2C(=O)N2C=C(c3ccc(OC)cc3)C[C@H]2C1O[Si](C)(C)C(C)(C)C. The largest absolute Gasteiger partial charge is 0.497 e. The van der Waals surface area contributed by atoms with Crippen LogP contribution in [0, 0.1) is 0 Å². The third-order valence-electron chi connectivity index (χ3n) is 8.91. The van der Waals surface area contributed by atoms with Crippen LogP contribution in [-0.2, 0) is 9.16 Å². The second kappa shape index (κ2) is 15.1. The summed E-state index contributed by atoms with van der Waals surface area (Å²) in [6.07, 6.45) is 5.26. The first kappa shape index (κ1) is 35.6. The van der Waals surface area contributed by atoms with E-state index in [0.29, 0.717) is 30.2 Å². The van der Waals surface area contributed by atoms with Crippen LogP contribution < -0.4 is 19.1 Å². The minimum absolute atomic E-state index is 0.00222. The van der Waals surface area contributed by atoms with Crippen molar-refractivity contribution < 1.29 is 33.0 Å². The van der Waals surface area contributed by atoms with Gasteiger partial charge in [0.25, 0.3) is 5.91 Å². The van der Waals surface area contributed by atoms with E-state index in [2.05, 4.69) is 56.4 Å². The third kappa shape index (κ3) is 7.64. The van der Waals surface area contributed by atoms with Crippen molar-refractivity contribution in [3.05, 3.63) is 66.4 Å². The standard InChI is InChI=1S/C35H47BrN2O7Si/c1-9-18-44-34(40)38-28-22-31(43-19-12-10-11-17-36)30(42-6)21-27(28)32(39)37-23-25(24-13-15-26(41-5)16-14-24)20-29(37)33(38)45-46(7,8)35(2,3)4/h9,13-16,21-23,29,33H,1,10-12,17-20H2,2-8H3/t29-,33?/m0/s1. The van der Waals surface area contributed by atoms with E-state index in [1.54, 1.807) is 31.3 Å². The Morgan fingerprint density at radius 2 is 1.78 bits per heavy atom. The molecule has 0 aliphatic carbocycles. The molecule has 9 nitrogen and oxygen atoms in total. The maximum atomic E-state index is 14.5. The lowest BCUT2D eigenvalue weighted by atomic mass is 10.0. The predicted molar refractivity (Wildman–Crippen MR) is 188 cm³/mol. The van der Waals surface area contributed by atoms with Crippen LogP contribution in [0.2, 0.25) is 18.1 Å². The molecule has 2 aliphatic rings. The summed E-state index contributed by atoms with van der Waals surface area (Å²) in [6, 6.07) is 10.6. The van der Waals surface area contributed by atoms with Gasteiger partial charge in [-0.1, -0.05) is 61.5 Å². The number of alkyl halides is 1. The third-order valence-corrected chi connectivity index (χ3v) is 13.9. The Kier molecular flexibility index (Phi) is 11.7. The first-order valence-corrected chi connectivity index (χ1v) is 19.7. The molecule has 11 heteroatoms. The number of anilines is 1. The van der Waals surface area contributed by atoms with Gasteiger partial charge < -0.3 is 28.3 Å². The van der Waals surface area contributed by atoms with E-state index in [1.807, 2.05) is 30.5 Å². The summed E-state index contributed by atoms with van der Waals surface area (Å²) in [6.45, 7) is 14.9. The van der Waals surface area contributed by atoms with Crippen LogP contribution in [0.3, 0.4) is 0 Å². The molecule has 4 rings (SSSR count). The van der Waals surface area contributed by atoms with Crippen LogP contribution in [0.1, 0.15) is 62.4 Å². The first-order chi connectivity index (χ1) is 21.9. The molecule has 0 radical (unpaired) electrons. The topological polar surface area (TPSA) is 86.8 Å². The molecule has 2 heterocycles. The number of fused-ring (bicyclic) bond motifs is 2. The van der Waals surface area contributed by atoms with Crippen molar-refractivity contribution in [1.29, 1.82) is 0 Å². The smallest absolute Gasteiger partial charge is 0.416 e. The molecule has 0 saturated heterocycles. The van der Waals surface area contributed by atoms with Gasteiger partial charge in [0.2, 0.25) is 0 Å². The quantitative estimate of drug-likeness (QED) is 0.0892. The molecular weight excluding hydrogens is 668 g/mol. The van der Waals surface area contributed by atoms with Crippen LogP contribution in [0.4, 0.5) is 10.5 Å². The highest BCUT2D eigenvalue weighted by molar-refractivity contribution is 9.09. The Balaban J connectivity index is 1.89. The molecule has 0 N–H and O–H groups in total. The van der Waals surface area contributed by atoms with Gasteiger partial charge in [-0.3, -0.25) is 4.79 Å². The minimum atomic E-state index is -2.52. The molecule has 0 spiro atoms. The number of hydrogen-bond acceptors (Lipinski definition) is 7. The lowest BCUT2D eigenvalue weighted by Crippen LogP contribution is -2.57. The maximum absolute atomic E-state index is 14.5. The molecule has 0 bridgehead atoms. The molecule has 46 heavy (non-hydrogen) atoms. The number of ether oxygens (including phenoxy) is 4. The molecule has 2 amide bonds. The molecule has 0 aromatic heterocycles. The maximum Gasteiger partial charge on any atom is 0.416 e. The van der Waals surface area contributed by atoms with Gasteiger partial charge in [-0.2, -0.15) is 0 Å². The lowest BCUT2D eigenvalue weighted by molar-refractivity contribution is 0.0590. The number of carbonyl (C=O) groups excluding carboxylic acids is 2. The molecule has 250 valence electrons. The van der Waals surface area contributed by atoms with Gasteiger partial charge in [0.05, 0.1) is 38.1 Å². The zero-order valence-electron chi connectivity index (χ0n) is 28.1. The van der Waals surface area contributed by atoms with Crippen LogP contribution in [0.15, 0.2) is 55.3 Å². The van der Waals surface area contributed by atoms with Crippen molar-refractivity contribution in [2.45, 2.75) is 76.9 Å². The second-order valence-electron chi connectivity index (χ2n) is 13.0. The van der Waals surface area contributed by atoms with Gasteiger partial charge in [0.1, 0.15) is 12.4 Å². The number of unbranched alkanes of at least 4 members (excludes halogenated alkanes) is 2. The number of benzene rings is 2. The van der Waals surface area contributed by atoms with Gasteiger partial charge in [-0.15, -0.1) is 0 Å². The number of halogens is 1. The van der Waals surface area contributed by atoms with Gasteiger partial charge in [-0.25, -0.2) is 9.69 Å². The van der Waals surface area contributed by atoms with Gasteiger partial charge in [0.15, 0.2) is 26.0 Å². The van der Waals surface area contributed by atoms with E-state index in [0.717, 1.165) is 41.5 Å². The Bertz CT molecular complexity index is 1440. The second-order valence-corrected chi connectivity index (χ2v) is 18.5. The summed E-state index contributed by atoms with van der Waals surface area (Å²) in [5, 5.41) is 0.753. The van der Waals surface area contributed by atoms with Crippen LogP contribution in [-0.4, -0.2) is 70.3 Å². The van der Waals surface area contributed by atoms with Crippen molar-refractivity contribution in [3.8, 4) is 17.2 Å². The van der Waals surface area contributed by atoms with Gasteiger partial charge in [-0.05, 0) is 73.2 Å². The summed E-state index contributed by atoms with van der Waals surface area (Å²) in [4.78, 5) is 31.8. The molecule has 2 aromatic rings. The summed E-state index contributed by atoms with van der Waals surface area (Å²) in [5.41, 5.74) is 2.54. The Hall–Kier alpha value is -3.28. The predicted octanol–water partition coefficient (Wildman–Crippen LogP) is 8.39. The van der Waals surface area contributed by atoms with Crippen molar-refractivity contribution in [2.24, 2.45) is 0 Å². The molecular formula is C35H47BrN2O7Si. The molecule has 2 aliphatic heterocycles. The zero-order valence-corrected chi connectivity index (χ0v) is 30.6. The molecule has 2 atom stereocenters. The highest BCUT2D eigenvalue weighted by atomic mass is 79.9. The van der Waals surface area contributed by atoms with E-state index in [-0.39, 0.29) is 23.1 Å². The fraction of sp³-hybridized carbons (Fsp3) is 0.486.